The number of ether oxygens (including phenoxy) is 2. The Labute approximate surface area is 128 Å². The maximum absolute atomic E-state index is 12.2. The first-order valence-corrected chi connectivity index (χ1v) is 7.52. The molecule has 5 heteroatoms. The van der Waals surface area contributed by atoms with E-state index in [0.717, 1.165) is 21.6 Å². The second kappa shape index (κ2) is 6.18. The van der Waals surface area contributed by atoms with Gasteiger partial charge in [0, 0.05) is 16.0 Å². The molecule has 2 N–H and O–H groups in total. The summed E-state index contributed by atoms with van der Waals surface area (Å²) in [7, 11) is 1.61. The van der Waals surface area contributed by atoms with Gasteiger partial charge in [0.2, 0.25) is 0 Å². The van der Waals surface area contributed by atoms with Crippen LogP contribution in [0.2, 0.25) is 0 Å². The molecule has 0 atom stereocenters. The Hall–Kier alpha value is -2.01. The maximum Gasteiger partial charge on any atom is 0.341 e. The van der Waals surface area contributed by atoms with Gasteiger partial charge >= 0.3 is 5.97 Å². The number of carbonyl (C=O) groups excluding carboxylic acids is 1. The summed E-state index contributed by atoms with van der Waals surface area (Å²) in [5.74, 6) is 0.324. The number of benzene rings is 1. The van der Waals surface area contributed by atoms with Crippen molar-refractivity contribution >= 4 is 22.3 Å². The molecule has 4 nitrogen and oxygen atoms in total. The zero-order valence-corrected chi connectivity index (χ0v) is 13.5. The molecule has 0 unspecified atom stereocenters. The van der Waals surface area contributed by atoms with Crippen LogP contribution in [0.15, 0.2) is 18.2 Å². The van der Waals surface area contributed by atoms with Crippen LogP contribution in [0.4, 0.5) is 5.00 Å². The predicted octanol–water partition coefficient (Wildman–Crippen LogP) is 3.80. The fourth-order valence-electron chi connectivity index (χ4n) is 2.31. The highest BCUT2D eigenvalue weighted by molar-refractivity contribution is 7.16. The van der Waals surface area contributed by atoms with E-state index in [4.69, 9.17) is 15.2 Å². The monoisotopic (exact) mass is 305 g/mol. The lowest BCUT2D eigenvalue weighted by Crippen LogP contribution is -2.07. The van der Waals surface area contributed by atoms with E-state index in [-0.39, 0.29) is 0 Å². The summed E-state index contributed by atoms with van der Waals surface area (Å²) in [4.78, 5) is 13.2. The van der Waals surface area contributed by atoms with Gasteiger partial charge in [-0.1, -0.05) is 11.6 Å². The third-order valence-corrected chi connectivity index (χ3v) is 4.15. The van der Waals surface area contributed by atoms with E-state index >= 15 is 0 Å². The summed E-state index contributed by atoms with van der Waals surface area (Å²) in [5.41, 5.74) is 9.21. The van der Waals surface area contributed by atoms with Gasteiger partial charge in [-0.05, 0) is 32.9 Å². The van der Waals surface area contributed by atoms with E-state index in [2.05, 4.69) is 0 Å². The molecule has 0 saturated carbocycles. The van der Waals surface area contributed by atoms with Crippen molar-refractivity contribution in [3.8, 4) is 16.9 Å². The smallest absolute Gasteiger partial charge is 0.341 e. The summed E-state index contributed by atoms with van der Waals surface area (Å²) in [6.07, 6.45) is 0. The Morgan fingerprint density at radius 1 is 1.33 bits per heavy atom. The summed E-state index contributed by atoms with van der Waals surface area (Å²) < 4.78 is 10.6. The minimum atomic E-state index is -0.391. The Bertz CT molecular complexity index is 676. The van der Waals surface area contributed by atoms with Crippen molar-refractivity contribution in [2.24, 2.45) is 0 Å². The van der Waals surface area contributed by atoms with Crippen LogP contribution in [0, 0.1) is 13.8 Å². The molecule has 0 aliphatic rings. The number of nitrogens with two attached hydrogens (primary N) is 1. The van der Waals surface area contributed by atoms with Crippen molar-refractivity contribution in [2.45, 2.75) is 20.8 Å². The van der Waals surface area contributed by atoms with Gasteiger partial charge in [0.25, 0.3) is 0 Å². The zero-order chi connectivity index (χ0) is 15.6. The number of carbonyl (C=O) groups is 1. The maximum atomic E-state index is 12.2. The van der Waals surface area contributed by atoms with Crippen LogP contribution in [0.5, 0.6) is 5.75 Å². The number of hydrogen-bond acceptors (Lipinski definition) is 5. The van der Waals surface area contributed by atoms with Gasteiger partial charge in [-0.2, -0.15) is 0 Å². The van der Waals surface area contributed by atoms with Crippen molar-refractivity contribution in [1.82, 2.24) is 0 Å². The minimum absolute atomic E-state index is 0.317. The first kappa shape index (κ1) is 15.4. The Kier molecular flexibility index (Phi) is 4.53. The number of anilines is 1. The average Bonchev–Trinajstić information content (AvgIpc) is 2.73. The standard InChI is InChI=1S/C16H19NO3S/c1-5-20-16(18)14-13(10(3)21-15(14)17)11-8-9(2)6-7-12(11)19-4/h6-8H,5,17H2,1-4H3. The average molecular weight is 305 g/mol. The van der Waals surface area contributed by atoms with Crippen LogP contribution < -0.4 is 10.5 Å². The predicted molar refractivity (Wildman–Crippen MR) is 86.1 cm³/mol. The molecule has 0 fully saturated rings. The lowest BCUT2D eigenvalue weighted by molar-refractivity contribution is 0.0529. The first-order valence-electron chi connectivity index (χ1n) is 6.70. The molecule has 2 aromatic rings. The topological polar surface area (TPSA) is 61.5 Å². The Morgan fingerprint density at radius 2 is 2.05 bits per heavy atom. The van der Waals surface area contributed by atoms with Crippen molar-refractivity contribution in [3.63, 3.8) is 0 Å². The molecular formula is C16H19NO3S. The highest BCUT2D eigenvalue weighted by atomic mass is 32.1. The third kappa shape index (κ3) is 2.88. The van der Waals surface area contributed by atoms with Crippen LogP contribution in [-0.2, 0) is 4.74 Å². The Balaban J connectivity index is 2.69. The van der Waals surface area contributed by atoms with Crippen LogP contribution in [0.3, 0.4) is 0 Å². The van der Waals surface area contributed by atoms with E-state index in [1.807, 2.05) is 32.0 Å². The summed E-state index contributed by atoms with van der Waals surface area (Å²) in [5, 5.41) is 0.476. The quantitative estimate of drug-likeness (QED) is 0.873. The molecule has 0 bridgehead atoms. The molecule has 1 aromatic carbocycles. The van der Waals surface area contributed by atoms with Gasteiger partial charge in [0.05, 0.1) is 13.7 Å². The molecule has 0 aliphatic heterocycles. The van der Waals surface area contributed by atoms with Crippen molar-refractivity contribution in [3.05, 3.63) is 34.2 Å². The molecule has 0 aliphatic carbocycles. The fraction of sp³-hybridized carbons (Fsp3) is 0.312. The van der Waals surface area contributed by atoms with Gasteiger partial charge in [0.1, 0.15) is 16.3 Å². The highest BCUT2D eigenvalue weighted by Gasteiger charge is 2.24. The van der Waals surface area contributed by atoms with Crippen LogP contribution in [-0.4, -0.2) is 19.7 Å². The largest absolute Gasteiger partial charge is 0.496 e. The number of methoxy groups -OCH3 is 1. The lowest BCUT2D eigenvalue weighted by Gasteiger charge is -2.12. The summed E-state index contributed by atoms with van der Waals surface area (Å²) in [6.45, 7) is 6.04. The van der Waals surface area contributed by atoms with Gasteiger partial charge in [0.15, 0.2) is 0 Å². The molecule has 1 aromatic heterocycles. The van der Waals surface area contributed by atoms with Gasteiger partial charge in [-0.3, -0.25) is 0 Å². The molecular weight excluding hydrogens is 286 g/mol. The molecule has 0 spiro atoms. The number of aryl methyl sites for hydroxylation is 2. The van der Waals surface area contributed by atoms with Gasteiger partial charge in [-0.15, -0.1) is 11.3 Å². The number of nitrogen functional groups attached to an aromatic ring is 1. The van der Waals surface area contributed by atoms with Crippen molar-refractivity contribution in [1.29, 1.82) is 0 Å². The number of rotatable bonds is 4. The number of thiophene rings is 1. The highest BCUT2D eigenvalue weighted by Crippen LogP contribution is 2.42. The molecule has 0 amide bonds. The Morgan fingerprint density at radius 3 is 2.67 bits per heavy atom. The van der Waals surface area contributed by atoms with Crippen LogP contribution >= 0.6 is 11.3 Å². The fourth-order valence-corrected chi connectivity index (χ4v) is 3.25. The summed E-state index contributed by atoms with van der Waals surface area (Å²) in [6, 6.07) is 5.86. The summed E-state index contributed by atoms with van der Waals surface area (Å²) >= 11 is 1.39. The van der Waals surface area contributed by atoms with Crippen LogP contribution in [0.1, 0.15) is 27.7 Å². The second-order valence-electron chi connectivity index (χ2n) is 4.70. The molecule has 0 radical (unpaired) electrons. The number of esters is 1. The van der Waals surface area contributed by atoms with Crippen LogP contribution in [0.25, 0.3) is 11.1 Å². The lowest BCUT2D eigenvalue weighted by atomic mass is 9.98. The number of hydrogen-bond donors (Lipinski definition) is 1. The molecule has 0 saturated heterocycles. The van der Waals surface area contributed by atoms with E-state index in [1.54, 1.807) is 14.0 Å². The van der Waals surface area contributed by atoms with Crippen molar-refractivity contribution < 1.29 is 14.3 Å². The van der Waals surface area contributed by atoms with E-state index in [0.29, 0.717) is 22.9 Å². The molecule has 112 valence electrons. The molecule has 1 heterocycles. The minimum Gasteiger partial charge on any atom is -0.496 e. The van der Waals surface area contributed by atoms with E-state index < -0.39 is 5.97 Å². The molecule has 21 heavy (non-hydrogen) atoms. The second-order valence-corrected chi connectivity index (χ2v) is 5.95. The normalized spacial score (nSPS) is 10.5. The van der Waals surface area contributed by atoms with E-state index in [1.165, 1.54) is 11.3 Å². The first-order chi connectivity index (χ1) is 9.99. The SMILES string of the molecule is CCOC(=O)c1c(N)sc(C)c1-c1cc(C)ccc1OC. The van der Waals surface area contributed by atoms with Gasteiger partial charge in [-0.25, -0.2) is 4.79 Å². The molecule has 2 rings (SSSR count). The third-order valence-electron chi connectivity index (χ3n) is 3.22. The zero-order valence-electron chi connectivity index (χ0n) is 12.6. The van der Waals surface area contributed by atoms with E-state index in [9.17, 15) is 4.79 Å². The van der Waals surface area contributed by atoms with Crippen molar-refractivity contribution in [2.75, 3.05) is 19.5 Å². The van der Waals surface area contributed by atoms with Gasteiger partial charge < -0.3 is 15.2 Å².